The molecule has 3 aliphatic rings. The van der Waals surface area contributed by atoms with Gasteiger partial charge in [-0.2, -0.15) is 0 Å². The van der Waals surface area contributed by atoms with Crippen molar-refractivity contribution in [3.8, 4) is 0 Å². The second-order valence-electron chi connectivity index (χ2n) is 8.13. The van der Waals surface area contributed by atoms with Gasteiger partial charge in [-0.25, -0.2) is 0 Å². The molecule has 2 fully saturated rings. The van der Waals surface area contributed by atoms with Gasteiger partial charge in [0, 0.05) is 37.4 Å². The molecule has 0 atom stereocenters. The molecule has 130 valence electrons. The quantitative estimate of drug-likeness (QED) is 0.755. The van der Waals surface area contributed by atoms with Crippen molar-refractivity contribution in [2.45, 2.75) is 51.9 Å². The lowest BCUT2D eigenvalue weighted by molar-refractivity contribution is 0.254. The van der Waals surface area contributed by atoms with Crippen molar-refractivity contribution >= 4 is 11.3 Å². The predicted molar refractivity (Wildman–Crippen MR) is 103 cm³/mol. The predicted octanol–water partition coefficient (Wildman–Crippen LogP) is 4.96. The van der Waals surface area contributed by atoms with E-state index in [4.69, 9.17) is 0 Å². The summed E-state index contributed by atoms with van der Waals surface area (Å²) in [4.78, 5) is 5.26. The molecule has 0 radical (unpaired) electrons. The van der Waals surface area contributed by atoms with Gasteiger partial charge in [-0.05, 0) is 62.1 Å². The molecule has 0 N–H and O–H groups in total. The van der Waals surface area contributed by atoms with Gasteiger partial charge in [-0.15, -0.1) is 0 Å². The van der Waals surface area contributed by atoms with Gasteiger partial charge in [0.25, 0.3) is 0 Å². The van der Waals surface area contributed by atoms with E-state index in [1.165, 1.54) is 88.9 Å². The van der Waals surface area contributed by atoms with Gasteiger partial charge in [0.1, 0.15) is 0 Å². The van der Waals surface area contributed by atoms with Crippen molar-refractivity contribution in [1.29, 1.82) is 0 Å². The molecular formula is C22H32N2. The molecule has 2 nitrogen and oxygen atoms in total. The van der Waals surface area contributed by atoms with E-state index in [2.05, 4.69) is 47.1 Å². The Morgan fingerprint density at radius 1 is 1.00 bits per heavy atom. The lowest BCUT2D eigenvalue weighted by Crippen LogP contribution is -2.46. The first-order chi connectivity index (χ1) is 11.8. The van der Waals surface area contributed by atoms with Gasteiger partial charge in [-0.3, -0.25) is 4.90 Å². The summed E-state index contributed by atoms with van der Waals surface area (Å²) in [5.41, 5.74) is 5.32. The van der Waals surface area contributed by atoms with Crippen LogP contribution >= 0.6 is 0 Å². The average Bonchev–Trinajstić information content (AvgIpc) is 3.40. The Labute approximate surface area is 147 Å². The molecule has 2 aliphatic carbocycles. The van der Waals surface area contributed by atoms with Crippen LogP contribution in [0.25, 0.3) is 5.57 Å². The van der Waals surface area contributed by atoms with Crippen molar-refractivity contribution in [2.24, 2.45) is 5.41 Å². The SMILES string of the molecule is CCCCN1CCN(c2ccccc2C2=CCC3(CC2)CC3)CC1. The number of nitrogens with zero attached hydrogens (tertiary/aromatic N) is 2. The van der Waals surface area contributed by atoms with E-state index in [0.717, 1.165) is 5.41 Å². The molecule has 24 heavy (non-hydrogen) atoms. The summed E-state index contributed by atoms with van der Waals surface area (Å²) in [6.07, 6.45) is 12.2. The molecule has 1 aromatic rings. The Kier molecular flexibility index (Phi) is 4.67. The van der Waals surface area contributed by atoms with E-state index in [1.807, 2.05) is 0 Å². The third kappa shape index (κ3) is 3.39. The normalized spacial score (nSPS) is 23.4. The number of benzene rings is 1. The third-order valence-electron chi connectivity index (χ3n) is 6.45. The largest absolute Gasteiger partial charge is 0.368 e. The fourth-order valence-electron chi connectivity index (χ4n) is 4.43. The van der Waals surface area contributed by atoms with Crippen molar-refractivity contribution in [2.75, 3.05) is 37.6 Å². The van der Waals surface area contributed by atoms with Crippen molar-refractivity contribution in [1.82, 2.24) is 4.90 Å². The zero-order valence-corrected chi connectivity index (χ0v) is 15.3. The van der Waals surface area contributed by atoms with Gasteiger partial charge in [0.2, 0.25) is 0 Å². The average molecular weight is 325 g/mol. The molecule has 2 heteroatoms. The highest BCUT2D eigenvalue weighted by Gasteiger charge is 2.42. The maximum Gasteiger partial charge on any atom is 0.0443 e. The van der Waals surface area contributed by atoms with Crippen molar-refractivity contribution < 1.29 is 0 Å². The van der Waals surface area contributed by atoms with Gasteiger partial charge in [0.15, 0.2) is 0 Å². The first kappa shape index (κ1) is 16.2. The number of rotatable bonds is 5. The summed E-state index contributed by atoms with van der Waals surface area (Å²) in [5.74, 6) is 0. The van der Waals surface area contributed by atoms with Crippen molar-refractivity contribution in [3.05, 3.63) is 35.9 Å². The van der Waals surface area contributed by atoms with Crippen LogP contribution in [0.2, 0.25) is 0 Å². The van der Waals surface area contributed by atoms with Gasteiger partial charge < -0.3 is 4.90 Å². The number of piperazine rings is 1. The highest BCUT2D eigenvalue weighted by Crippen LogP contribution is 2.56. The van der Waals surface area contributed by atoms with Gasteiger partial charge in [-0.1, -0.05) is 37.6 Å². The number of hydrogen-bond donors (Lipinski definition) is 0. The van der Waals surface area contributed by atoms with E-state index < -0.39 is 0 Å². The number of para-hydroxylation sites is 1. The number of allylic oxidation sites excluding steroid dienone is 2. The minimum atomic E-state index is 0.726. The molecule has 0 aromatic heterocycles. The van der Waals surface area contributed by atoms with Crippen LogP contribution in [0.4, 0.5) is 5.69 Å². The summed E-state index contributed by atoms with van der Waals surface area (Å²) in [5, 5.41) is 0. The van der Waals surface area contributed by atoms with Crippen LogP contribution < -0.4 is 4.90 Å². The maximum absolute atomic E-state index is 2.64. The Balaban J connectivity index is 1.46. The first-order valence-electron chi connectivity index (χ1n) is 10.1. The molecule has 0 amide bonds. The van der Waals surface area contributed by atoms with Crippen LogP contribution in [0.5, 0.6) is 0 Å². The molecule has 1 heterocycles. The van der Waals surface area contributed by atoms with Crippen LogP contribution in [0.1, 0.15) is 57.4 Å². The molecule has 1 saturated carbocycles. The van der Waals surface area contributed by atoms with E-state index in [9.17, 15) is 0 Å². The van der Waals surface area contributed by atoms with Crippen molar-refractivity contribution in [3.63, 3.8) is 0 Å². The summed E-state index contributed by atoms with van der Waals surface area (Å²) in [7, 11) is 0. The topological polar surface area (TPSA) is 6.48 Å². The summed E-state index contributed by atoms with van der Waals surface area (Å²) >= 11 is 0. The summed E-state index contributed by atoms with van der Waals surface area (Å²) in [6, 6.07) is 9.14. The number of anilines is 1. The molecule has 1 aliphatic heterocycles. The third-order valence-corrected chi connectivity index (χ3v) is 6.45. The molecule has 1 spiro atoms. The molecule has 0 unspecified atom stereocenters. The van der Waals surface area contributed by atoms with Gasteiger partial charge >= 0.3 is 0 Å². The van der Waals surface area contributed by atoms with Gasteiger partial charge in [0.05, 0.1) is 0 Å². The molecule has 4 rings (SSSR count). The zero-order valence-electron chi connectivity index (χ0n) is 15.3. The lowest BCUT2D eigenvalue weighted by Gasteiger charge is -2.37. The molecular weight excluding hydrogens is 292 g/mol. The standard InChI is InChI=1S/C22H32N2/c1-2-3-14-23-15-17-24(18-16-23)21-7-5-4-6-20(21)19-8-10-22(11-9-19)12-13-22/h4-8H,2-3,9-18H2,1H3. The van der Waals surface area contributed by atoms with Crippen LogP contribution in [0, 0.1) is 5.41 Å². The van der Waals surface area contributed by atoms with E-state index >= 15 is 0 Å². The van der Waals surface area contributed by atoms with Crippen LogP contribution in [-0.4, -0.2) is 37.6 Å². The van der Waals surface area contributed by atoms with Crippen LogP contribution in [0.15, 0.2) is 30.3 Å². The van der Waals surface area contributed by atoms with E-state index in [0.29, 0.717) is 0 Å². The monoisotopic (exact) mass is 324 g/mol. The first-order valence-corrected chi connectivity index (χ1v) is 10.1. The molecule has 1 aromatic carbocycles. The molecule has 0 bridgehead atoms. The summed E-state index contributed by atoms with van der Waals surface area (Å²) in [6.45, 7) is 8.36. The Hall–Kier alpha value is -1.28. The Bertz CT molecular complexity index is 592. The molecule has 1 saturated heterocycles. The highest BCUT2D eigenvalue weighted by molar-refractivity contribution is 5.77. The Morgan fingerprint density at radius 3 is 2.46 bits per heavy atom. The maximum atomic E-state index is 2.64. The number of hydrogen-bond acceptors (Lipinski definition) is 2. The Morgan fingerprint density at radius 2 is 1.79 bits per heavy atom. The fraction of sp³-hybridized carbons (Fsp3) is 0.636. The van der Waals surface area contributed by atoms with Crippen LogP contribution in [-0.2, 0) is 0 Å². The van der Waals surface area contributed by atoms with Crippen LogP contribution in [0.3, 0.4) is 0 Å². The minimum absolute atomic E-state index is 0.726. The minimum Gasteiger partial charge on any atom is -0.368 e. The second kappa shape index (κ2) is 6.92. The second-order valence-corrected chi connectivity index (χ2v) is 8.13. The van der Waals surface area contributed by atoms with E-state index in [1.54, 1.807) is 5.57 Å². The zero-order chi connectivity index (χ0) is 16.4. The van der Waals surface area contributed by atoms with E-state index in [-0.39, 0.29) is 0 Å². The lowest BCUT2D eigenvalue weighted by atomic mass is 9.84. The number of unbranched alkanes of at least 4 members (excludes halogenated alkanes) is 1. The smallest absolute Gasteiger partial charge is 0.0443 e. The summed E-state index contributed by atoms with van der Waals surface area (Å²) < 4.78 is 0. The fourth-order valence-corrected chi connectivity index (χ4v) is 4.43. The highest BCUT2D eigenvalue weighted by atomic mass is 15.3.